The Morgan fingerprint density at radius 2 is 1.93 bits per heavy atom. The molecule has 168 valence electrons. The van der Waals surface area contributed by atoms with Gasteiger partial charge in [-0.2, -0.15) is 0 Å². The van der Waals surface area contributed by atoms with E-state index in [1.807, 2.05) is 13.0 Å². The Balaban J connectivity index is 0.000000497. The molecule has 1 atom stereocenters. The van der Waals surface area contributed by atoms with Crippen molar-refractivity contribution >= 4 is 30.4 Å². The molecule has 30 heavy (non-hydrogen) atoms. The number of benzene rings is 1. The molecule has 0 radical (unpaired) electrons. The van der Waals surface area contributed by atoms with Crippen LogP contribution in [0.15, 0.2) is 34.3 Å². The Hall–Kier alpha value is -2.08. The van der Waals surface area contributed by atoms with Gasteiger partial charge in [0.15, 0.2) is 0 Å². The van der Waals surface area contributed by atoms with E-state index in [-0.39, 0.29) is 23.5 Å². The molecule has 1 N–H and O–H groups in total. The smallest absolute Gasteiger partial charge is 0.307 e. The summed E-state index contributed by atoms with van der Waals surface area (Å²) in [6.45, 7) is 16.3. The molecular weight excluding hydrogens is 396 g/mol. The number of aliphatic imine (C=N–C) groups is 1. The van der Waals surface area contributed by atoms with Gasteiger partial charge in [-0.15, -0.1) is 0 Å². The largest absolute Gasteiger partial charge is 0.469 e. The number of nitrogens with one attached hydrogen (secondary N) is 1. The second kappa shape index (κ2) is 14.0. The maximum Gasteiger partial charge on any atom is 0.307 e. The van der Waals surface area contributed by atoms with Crippen LogP contribution in [0.2, 0.25) is 0 Å². The van der Waals surface area contributed by atoms with Gasteiger partial charge in [-0.25, -0.2) is 0 Å². The van der Waals surface area contributed by atoms with Crippen LogP contribution < -0.4 is 5.32 Å². The van der Waals surface area contributed by atoms with Gasteiger partial charge in [-0.05, 0) is 49.9 Å². The summed E-state index contributed by atoms with van der Waals surface area (Å²) in [6.07, 6.45) is 4.10. The lowest BCUT2D eigenvalue weighted by Gasteiger charge is -2.19. The fourth-order valence-corrected chi connectivity index (χ4v) is 3.82. The molecule has 0 aromatic heterocycles. The van der Waals surface area contributed by atoms with Crippen molar-refractivity contribution in [3.8, 4) is 0 Å². The number of carbonyl (C=O) groups excluding carboxylic acids is 2. The number of aryl methyl sites for hydroxylation is 2. The zero-order chi connectivity index (χ0) is 23.3. The van der Waals surface area contributed by atoms with Gasteiger partial charge in [0.2, 0.25) is 5.91 Å². The van der Waals surface area contributed by atoms with Crippen molar-refractivity contribution in [2.24, 2.45) is 10.4 Å². The highest BCUT2D eigenvalue weighted by molar-refractivity contribution is 8.04. The van der Waals surface area contributed by atoms with Crippen molar-refractivity contribution < 1.29 is 14.3 Å². The molecule has 5 nitrogen and oxygen atoms in total. The fourth-order valence-electron chi connectivity index (χ4n) is 2.71. The predicted octanol–water partition coefficient (Wildman–Crippen LogP) is 5.24. The van der Waals surface area contributed by atoms with E-state index in [9.17, 15) is 9.59 Å². The van der Waals surface area contributed by atoms with E-state index in [0.29, 0.717) is 5.41 Å². The summed E-state index contributed by atoms with van der Waals surface area (Å²) in [4.78, 5) is 25.5. The minimum atomic E-state index is -0.351. The number of ether oxygens (including phenoxy) is 1. The van der Waals surface area contributed by atoms with E-state index in [1.165, 1.54) is 42.0 Å². The molecule has 1 aromatic rings. The number of allylic oxidation sites excluding steroid dienone is 1. The van der Waals surface area contributed by atoms with Crippen LogP contribution >= 0.6 is 11.8 Å². The van der Waals surface area contributed by atoms with Crippen molar-refractivity contribution in [2.75, 3.05) is 14.2 Å². The van der Waals surface area contributed by atoms with Gasteiger partial charge >= 0.3 is 5.97 Å². The van der Waals surface area contributed by atoms with Crippen molar-refractivity contribution in [2.45, 2.75) is 66.1 Å². The maximum absolute atomic E-state index is 11.3. The SMILES string of the molecule is C=NC.CC/C=C1/NC(=O)C(CC(=O)OC)S1.Cc1ccc(CC(C)(C)C)c(C)c1. The summed E-state index contributed by atoms with van der Waals surface area (Å²) in [5, 5.41) is 3.22. The Morgan fingerprint density at radius 1 is 1.33 bits per heavy atom. The standard InChI is InChI=1S/C13H20.C9H13NO3S.C2H5N/c1-10-6-7-12(11(2)8-10)9-13(3,4)5;1-3-4-7-10-9(12)6(14-7)5-8(11)13-2;1-3-2/h6-8H,9H2,1-5H3;4,6H,3,5H2,1-2H3,(H,10,12);1H2,2H3/b;7-4-;. The third kappa shape index (κ3) is 11.8. The monoisotopic (exact) mass is 434 g/mol. The first kappa shape index (κ1) is 27.9. The van der Waals surface area contributed by atoms with Crippen LogP contribution in [0.4, 0.5) is 0 Å². The summed E-state index contributed by atoms with van der Waals surface area (Å²) in [7, 11) is 2.96. The minimum Gasteiger partial charge on any atom is -0.469 e. The van der Waals surface area contributed by atoms with Crippen LogP contribution in [0.1, 0.15) is 57.2 Å². The normalized spacial score (nSPS) is 16.6. The number of rotatable bonds is 4. The van der Waals surface area contributed by atoms with Crippen molar-refractivity contribution in [1.29, 1.82) is 0 Å². The van der Waals surface area contributed by atoms with Crippen molar-refractivity contribution in [3.63, 3.8) is 0 Å². The van der Waals surface area contributed by atoms with Crippen molar-refractivity contribution in [3.05, 3.63) is 46.0 Å². The number of nitrogens with zero attached hydrogens (tertiary/aromatic N) is 1. The maximum atomic E-state index is 11.3. The molecule has 1 fully saturated rings. The molecule has 1 aliphatic heterocycles. The van der Waals surface area contributed by atoms with Gasteiger partial charge in [-0.3, -0.25) is 9.59 Å². The summed E-state index contributed by atoms with van der Waals surface area (Å²) in [6, 6.07) is 6.73. The summed E-state index contributed by atoms with van der Waals surface area (Å²) >= 11 is 1.39. The highest BCUT2D eigenvalue weighted by Crippen LogP contribution is 2.29. The van der Waals surface area contributed by atoms with Crippen molar-refractivity contribution in [1.82, 2.24) is 5.32 Å². The lowest BCUT2D eigenvalue weighted by Crippen LogP contribution is -2.24. The van der Waals surface area contributed by atoms with E-state index in [1.54, 1.807) is 7.05 Å². The quantitative estimate of drug-likeness (QED) is 0.520. The van der Waals surface area contributed by atoms with Crippen LogP contribution in [0.25, 0.3) is 0 Å². The zero-order valence-electron chi connectivity index (χ0n) is 19.8. The first-order valence-corrected chi connectivity index (χ1v) is 11.0. The first-order chi connectivity index (χ1) is 14.0. The Morgan fingerprint density at radius 3 is 2.40 bits per heavy atom. The first-order valence-electron chi connectivity index (χ1n) is 10.1. The van der Waals surface area contributed by atoms with Gasteiger partial charge in [-0.1, -0.05) is 69.3 Å². The van der Waals surface area contributed by atoms with Gasteiger partial charge < -0.3 is 15.0 Å². The molecule has 0 aliphatic carbocycles. The Labute approximate surface area is 186 Å². The van der Waals surface area contributed by atoms with E-state index in [4.69, 9.17) is 0 Å². The van der Waals surface area contributed by atoms with Gasteiger partial charge in [0, 0.05) is 7.05 Å². The second-order valence-corrected chi connectivity index (χ2v) is 9.58. The van der Waals surface area contributed by atoms with E-state index >= 15 is 0 Å². The number of esters is 1. The Kier molecular flexibility index (Phi) is 13.0. The third-order valence-corrected chi connectivity index (χ3v) is 5.18. The number of hydrogen-bond acceptors (Lipinski definition) is 5. The summed E-state index contributed by atoms with van der Waals surface area (Å²) < 4.78 is 4.50. The van der Waals surface area contributed by atoms with Crippen LogP contribution in [0.5, 0.6) is 0 Å². The predicted molar refractivity (Wildman–Crippen MR) is 129 cm³/mol. The van der Waals surface area contributed by atoms with Crippen LogP contribution in [-0.4, -0.2) is 38.0 Å². The topological polar surface area (TPSA) is 67.8 Å². The van der Waals surface area contributed by atoms with Crippen LogP contribution in [-0.2, 0) is 20.7 Å². The molecule has 1 aliphatic rings. The zero-order valence-corrected chi connectivity index (χ0v) is 20.6. The van der Waals surface area contributed by atoms with E-state index in [0.717, 1.165) is 11.4 Å². The van der Waals surface area contributed by atoms with Gasteiger partial charge in [0.05, 0.1) is 18.6 Å². The van der Waals surface area contributed by atoms with Gasteiger partial charge in [0.25, 0.3) is 0 Å². The molecule has 1 aromatic carbocycles. The molecule has 1 heterocycles. The van der Waals surface area contributed by atoms with E-state index in [2.05, 4.69) is 74.6 Å². The highest BCUT2D eigenvalue weighted by atomic mass is 32.2. The lowest BCUT2D eigenvalue weighted by molar-refractivity contribution is -0.141. The van der Waals surface area contributed by atoms with E-state index < -0.39 is 0 Å². The molecule has 1 saturated heterocycles. The average Bonchev–Trinajstić information content (AvgIpc) is 2.97. The molecule has 1 amide bonds. The second-order valence-electron chi connectivity index (χ2n) is 8.34. The number of carbonyl (C=O) groups is 2. The minimum absolute atomic E-state index is 0.111. The molecule has 0 bridgehead atoms. The fraction of sp³-hybridized carbons (Fsp3) is 0.542. The number of amides is 1. The highest BCUT2D eigenvalue weighted by Gasteiger charge is 2.30. The molecule has 1 unspecified atom stereocenters. The average molecular weight is 435 g/mol. The summed E-state index contributed by atoms with van der Waals surface area (Å²) in [5.74, 6) is -0.463. The number of thioether (sulfide) groups is 1. The van der Waals surface area contributed by atoms with Crippen LogP contribution in [0, 0.1) is 19.3 Å². The third-order valence-electron chi connectivity index (χ3n) is 4.00. The molecular formula is C24H38N2O3S. The molecule has 2 rings (SSSR count). The molecule has 0 spiro atoms. The number of methoxy groups -OCH3 is 1. The van der Waals surface area contributed by atoms with Crippen LogP contribution in [0.3, 0.4) is 0 Å². The number of hydrogen-bond donors (Lipinski definition) is 1. The van der Waals surface area contributed by atoms with Gasteiger partial charge in [0.1, 0.15) is 5.25 Å². The molecule has 6 heteroatoms. The Bertz CT molecular complexity index is 736. The summed E-state index contributed by atoms with van der Waals surface area (Å²) in [5.41, 5.74) is 4.66. The lowest BCUT2D eigenvalue weighted by atomic mass is 9.86. The molecule has 0 saturated carbocycles.